The molecule has 148 valence electrons. The molecule has 4 atom stereocenters. The number of esters is 1. The van der Waals surface area contributed by atoms with Crippen molar-refractivity contribution in [1.82, 2.24) is 4.90 Å². The van der Waals surface area contributed by atoms with Crippen molar-refractivity contribution >= 4 is 11.9 Å². The first-order valence-electron chi connectivity index (χ1n) is 10.4. The first-order valence-corrected chi connectivity index (χ1v) is 10.4. The van der Waals surface area contributed by atoms with Crippen molar-refractivity contribution in [3.8, 4) is 6.07 Å². The van der Waals surface area contributed by atoms with Crippen LogP contribution in [0.2, 0.25) is 0 Å². The van der Waals surface area contributed by atoms with Gasteiger partial charge in [-0.05, 0) is 63.2 Å². The minimum Gasteiger partial charge on any atom is -0.455 e. The summed E-state index contributed by atoms with van der Waals surface area (Å²) in [6.45, 7) is -0.311. The third-order valence-electron chi connectivity index (χ3n) is 7.69. The van der Waals surface area contributed by atoms with Gasteiger partial charge in [-0.15, -0.1) is 0 Å². The predicted molar refractivity (Wildman–Crippen MR) is 97.2 cm³/mol. The Kier molecular flexibility index (Phi) is 4.50. The average Bonchev–Trinajstić information content (AvgIpc) is 2.63. The molecule has 0 heterocycles. The van der Waals surface area contributed by atoms with Gasteiger partial charge in [0.25, 0.3) is 5.91 Å². The molecule has 0 saturated heterocycles. The molecule has 4 bridgehead atoms. The van der Waals surface area contributed by atoms with Gasteiger partial charge in [0.05, 0.1) is 17.1 Å². The Labute approximate surface area is 160 Å². The van der Waals surface area contributed by atoms with Gasteiger partial charge in [0.2, 0.25) is 0 Å². The lowest BCUT2D eigenvalue weighted by molar-refractivity contribution is -0.197. The number of amides is 1. The van der Waals surface area contributed by atoms with E-state index < -0.39 is 16.6 Å². The molecule has 5 aliphatic carbocycles. The van der Waals surface area contributed by atoms with Crippen molar-refractivity contribution in [1.29, 1.82) is 5.26 Å². The highest BCUT2D eigenvalue weighted by Gasteiger charge is 2.61. The lowest BCUT2D eigenvalue weighted by atomic mass is 9.48. The van der Waals surface area contributed by atoms with E-state index in [4.69, 9.17) is 4.74 Å². The second kappa shape index (κ2) is 6.48. The standard InChI is InChI=1S/C21H30N2O4/c1-23(20(14-22)5-3-2-4-6-20)17(24)12-27-18(25)19-8-15-7-16(9-19)11-21(26,10-15)13-19/h15-16,26H,2-13H2,1H3/t15-,16+,19?,21?. The monoisotopic (exact) mass is 374 g/mol. The van der Waals surface area contributed by atoms with Gasteiger partial charge in [-0.1, -0.05) is 19.3 Å². The van der Waals surface area contributed by atoms with Crippen LogP contribution in [0.15, 0.2) is 0 Å². The van der Waals surface area contributed by atoms with Crippen LogP contribution in [-0.2, 0) is 14.3 Å². The molecule has 5 fully saturated rings. The van der Waals surface area contributed by atoms with E-state index in [1.807, 2.05) is 0 Å². The zero-order chi connectivity index (χ0) is 19.3. The number of hydrogen-bond donors (Lipinski definition) is 1. The number of ether oxygens (including phenoxy) is 1. The molecule has 0 aromatic rings. The van der Waals surface area contributed by atoms with E-state index in [-0.39, 0.29) is 18.5 Å². The van der Waals surface area contributed by atoms with Crippen molar-refractivity contribution < 1.29 is 19.4 Å². The smallest absolute Gasteiger partial charge is 0.312 e. The molecular formula is C21H30N2O4. The molecule has 0 aromatic heterocycles. The Morgan fingerprint density at radius 2 is 1.78 bits per heavy atom. The van der Waals surface area contributed by atoms with Crippen LogP contribution in [0.4, 0.5) is 0 Å². The SMILES string of the molecule is CN(C(=O)COC(=O)C12C[C@@H]3C[C@@H](CC(O)(C3)C1)C2)C1(C#N)CCCCC1. The number of rotatable bonds is 4. The Bertz CT molecular complexity index is 662. The van der Waals surface area contributed by atoms with Crippen molar-refractivity contribution in [2.24, 2.45) is 17.3 Å². The maximum atomic E-state index is 12.9. The number of carbonyl (C=O) groups is 2. The van der Waals surface area contributed by atoms with Crippen LogP contribution in [0, 0.1) is 28.6 Å². The average molecular weight is 374 g/mol. The third-order valence-corrected chi connectivity index (χ3v) is 7.69. The van der Waals surface area contributed by atoms with E-state index in [1.165, 1.54) is 4.90 Å². The Morgan fingerprint density at radius 1 is 1.15 bits per heavy atom. The largest absolute Gasteiger partial charge is 0.455 e. The lowest BCUT2D eigenvalue weighted by Crippen LogP contribution is -2.58. The number of nitrogens with zero attached hydrogens (tertiary/aromatic N) is 2. The maximum Gasteiger partial charge on any atom is 0.312 e. The van der Waals surface area contributed by atoms with E-state index in [1.54, 1.807) is 7.05 Å². The predicted octanol–water partition coefficient (Wildman–Crippen LogP) is 2.55. The van der Waals surface area contributed by atoms with Crippen molar-refractivity contribution in [2.45, 2.75) is 81.8 Å². The summed E-state index contributed by atoms with van der Waals surface area (Å²) in [5.41, 5.74) is -2.11. The van der Waals surface area contributed by atoms with Crippen molar-refractivity contribution in [2.75, 3.05) is 13.7 Å². The van der Waals surface area contributed by atoms with E-state index in [2.05, 4.69) is 6.07 Å². The summed E-state index contributed by atoms with van der Waals surface area (Å²) in [5, 5.41) is 20.4. The zero-order valence-electron chi connectivity index (χ0n) is 16.2. The molecule has 0 radical (unpaired) electrons. The summed E-state index contributed by atoms with van der Waals surface area (Å²) in [7, 11) is 1.65. The van der Waals surface area contributed by atoms with Gasteiger partial charge < -0.3 is 14.7 Å². The summed E-state index contributed by atoms with van der Waals surface area (Å²) in [5.74, 6) is 0.152. The molecule has 5 aliphatic rings. The topological polar surface area (TPSA) is 90.6 Å². The van der Waals surface area contributed by atoms with Gasteiger partial charge in [-0.2, -0.15) is 5.26 Å². The normalized spacial score (nSPS) is 38.9. The highest BCUT2D eigenvalue weighted by atomic mass is 16.5. The second-order valence-electron chi connectivity index (χ2n) is 9.70. The highest BCUT2D eigenvalue weighted by Crippen LogP contribution is 2.61. The van der Waals surface area contributed by atoms with Crippen LogP contribution < -0.4 is 0 Å². The molecule has 6 heteroatoms. The Morgan fingerprint density at radius 3 is 2.33 bits per heavy atom. The lowest BCUT2D eigenvalue weighted by Gasteiger charge is -2.58. The third kappa shape index (κ3) is 3.14. The summed E-state index contributed by atoms with van der Waals surface area (Å²) in [6.07, 6.45) is 9.05. The fourth-order valence-corrected chi connectivity index (χ4v) is 6.73. The van der Waals surface area contributed by atoms with Crippen LogP contribution in [-0.4, -0.2) is 46.7 Å². The molecule has 1 amide bonds. The van der Waals surface area contributed by atoms with Crippen molar-refractivity contribution in [3.05, 3.63) is 0 Å². The van der Waals surface area contributed by atoms with E-state index >= 15 is 0 Å². The summed E-state index contributed by atoms with van der Waals surface area (Å²) in [6, 6.07) is 2.33. The molecule has 1 N–H and O–H groups in total. The molecular weight excluding hydrogens is 344 g/mol. The van der Waals surface area contributed by atoms with Gasteiger partial charge in [0.1, 0.15) is 5.54 Å². The Balaban J connectivity index is 1.39. The van der Waals surface area contributed by atoms with E-state index in [9.17, 15) is 20.0 Å². The number of carbonyl (C=O) groups excluding carboxylic acids is 2. The molecule has 0 aliphatic heterocycles. The number of hydrogen-bond acceptors (Lipinski definition) is 5. The van der Waals surface area contributed by atoms with E-state index in [0.717, 1.165) is 51.4 Å². The molecule has 5 saturated carbocycles. The number of aliphatic hydroxyl groups is 1. The first-order chi connectivity index (χ1) is 12.8. The van der Waals surface area contributed by atoms with Gasteiger partial charge in [-0.3, -0.25) is 9.59 Å². The highest BCUT2D eigenvalue weighted by molar-refractivity contribution is 5.84. The van der Waals surface area contributed by atoms with Crippen LogP contribution >= 0.6 is 0 Å². The maximum absolute atomic E-state index is 12.9. The fraction of sp³-hybridized carbons (Fsp3) is 0.857. The first kappa shape index (κ1) is 18.7. The second-order valence-corrected chi connectivity index (χ2v) is 9.70. The number of nitriles is 1. The van der Waals surface area contributed by atoms with E-state index in [0.29, 0.717) is 31.1 Å². The zero-order valence-corrected chi connectivity index (χ0v) is 16.2. The van der Waals surface area contributed by atoms with Crippen LogP contribution in [0.25, 0.3) is 0 Å². The minimum absolute atomic E-state index is 0.310. The molecule has 5 rings (SSSR count). The molecule has 6 nitrogen and oxygen atoms in total. The van der Waals surface area contributed by atoms with Gasteiger partial charge in [0.15, 0.2) is 6.61 Å². The van der Waals surface area contributed by atoms with Gasteiger partial charge in [0, 0.05) is 7.05 Å². The minimum atomic E-state index is -0.766. The van der Waals surface area contributed by atoms with Crippen LogP contribution in [0.3, 0.4) is 0 Å². The summed E-state index contributed by atoms with van der Waals surface area (Å²) >= 11 is 0. The van der Waals surface area contributed by atoms with Crippen LogP contribution in [0.1, 0.15) is 70.6 Å². The fourth-order valence-electron chi connectivity index (χ4n) is 6.73. The Hall–Kier alpha value is -1.61. The summed E-state index contributed by atoms with van der Waals surface area (Å²) in [4.78, 5) is 27.1. The van der Waals surface area contributed by atoms with Crippen LogP contribution in [0.5, 0.6) is 0 Å². The molecule has 0 spiro atoms. The van der Waals surface area contributed by atoms with Gasteiger partial charge >= 0.3 is 5.97 Å². The quantitative estimate of drug-likeness (QED) is 0.764. The van der Waals surface area contributed by atoms with Gasteiger partial charge in [-0.25, -0.2) is 0 Å². The molecule has 2 unspecified atom stereocenters. The number of likely N-dealkylation sites (N-methyl/N-ethyl adjacent to an activating group) is 1. The molecule has 0 aromatic carbocycles. The molecule has 27 heavy (non-hydrogen) atoms. The summed E-state index contributed by atoms with van der Waals surface area (Å²) < 4.78 is 5.48. The van der Waals surface area contributed by atoms with Crippen molar-refractivity contribution in [3.63, 3.8) is 0 Å².